The largest absolute Gasteiger partial charge is 0.418 e. The Balaban J connectivity index is 3.21. The minimum atomic E-state index is -1.21. The first kappa shape index (κ1) is 10.4. The molecule has 1 nitrogen and oxygen atoms in total. The predicted octanol–water partition coefficient (Wildman–Crippen LogP) is 2.59. The Morgan fingerprint density at radius 3 is 2.00 bits per heavy atom. The van der Waals surface area contributed by atoms with E-state index in [0.717, 1.165) is 6.61 Å². The fourth-order valence-electron chi connectivity index (χ4n) is 0.561. The number of hydrogen-bond acceptors (Lipinski definition) is 1. The van der Waals surface area contributed by atoms with Gasteiger partial charge in [0.1, 0.15) is 0 Å². The van der Waals surface area contributed by atoms with E-state index in [1.807, 2.05) is 0 Å². The van der Waals surface area contributed by atoms with Gasteiger partial charge in [0.05, 0.1) is 0 Å². The highest BCUT2D eigenvalue weighted by atomic mass is 28.4. The van der Waals surface area contributed by atoms with Crippen LogP contribution in [0.5, 0.6) is 0 Å². The highest BCUT2D eigenvalue weighted by molar-refractivity contribution is 6.69. The van der Waals surface area contributed by atoms with E-state index in [9.17, 15) is 0 Å². The smallest absolute Gasteiger partial charge is 0.183 e. The maximum Gasteiger partial charge on any atom is 0.183 e. The Kier molecular flexibility index (Phi) is 4.48. The van der Waals surface area contributed by atoms with Crippen molar-refractivity contribution in [2.45, 2.75) is 38.8 Å². The van der Waals surface area contributed by atoms with Gasteiger partial charge in [-0.2, -0.15) is 0 Å². The SMILES string of the molecule is C[Si](C)CCO[Si](C)(C)C. The van der Waals surface area contributed by atoms with E-state index in [1.165, 1.54) is 6.04 Å². The van der Waals surface area contributed by atoms with Crippen LogP contribution in [0.15, 0.2) is 0 Å². The molecule has 3 heteroatoms. The molecule has 61 valence electrons. The van der Waals surface area contributed by atoms with Crippen LogP contribution < -0.4 is 0 Å². The van der Waals surface area contributed by atoms with E-state index in [0.29, 0.717) is 0 Å². The van der Waals surface area contributed by atoms with Gasteiger partial charge in [0.25, 0.3) is 0 Å². The second-order valence-electron chi connectivity index (χ2n) is 3.92. The van der Waals surface area contributed by atoms with Gasteiger partial charge in [-0.15, -0.1) is 0 Å². The van der Waals surface area contributed by atoms with Crippen molar-refractivity contribution < 1.29 is 4.43 Å². The van der Waals surface area contributed by atoms with Crippen molar-refractivity contribution in [1.82, 2.24) is 0 Å². The van der Waals surface area contributed by atoms with E-state index in [2.05, 4.69) is 32.7 Å². The van der Waals surface area contributed by atoms with Gasteiger partial charge in [-0.25, -0.2) is 0 Å². The summed E-state index contributed by atoms with van der Waals surface area (Å²) in [6, 6.07) is 1.30. The Morgan fingerprint density at radius 2 is 1.70 bits per heavy atom. The highest BCUT2D eigenvalue weighted by Gasteiger charge is 2.13. The van der Waals surface area contributed by atoms with Crippen LogP contribution in [-0.4, -0.2) is 23.7 Å². The molecule has 0 aliphatic carbocycles. The van der Waals surface area contributed by atoms with Crippen molar-refractivity contribution in [3.63, 3.8) is 0 Å². The Morgan fingerprint density at radius 1 is 1.20 bits per heavy atom. The van der Waals surface area contributed by atoms with Gasteiger partial charge in [-0.3, -0.25) is 0 Å². The zero-order valence-electron chi connectivity index (χ0n) is 7.82. The first-order chi connectivity index (χ1) is 4.42. The minimum absolute atomic E-state index is 0.0595. The summed E-state index contributed by atoms with van der Waals surface area (Å²) in [5, 5.41) is 0. The van der Waals surface area contributed by atoms with Crippen molar-refractivity contribution in [1.29, 1.82) is 0 Å². The van der Waals surface area contributed by atoms with E-state index < -0.39 is 8.32 Å². The summed E-state index contributed by atoms with van der Waals surface area (Å²) in [4.78, 5) is 0. The summed E-state index contributed by atoms with van der Waals surface area (Å²) < 4.78 is 5.70. The third-order valence-corrected chi connectivity index (χ3v) is 3.41. The van der Waals surface area contributed by atoms with Crippen LogP contribution in [0, 0.1) is 0 Å². The Labute approximate surface area is 67.5 Å². The van der Waals surface area contributed by atoms with Crippen LogP contribution in [0.4, 0.5) is 0 Å². The van der Waals surface area contributed by atoms with Gasteiger partial charge in [-0.1, -0.05) is 13.1 Å². The van der Waals surface area contributed by atoms with Crippen molar-refractivity contribution in [3.8, 4) is 0 Å². The molecule has 0 spiro atoms. The molecule has 0 unspecified atom stereocenters. The average Bonchev–Trinajstić information content (AvgIpc) is 1.59. The number of hydrogen-bond donors (Lipinski definition) is 0. The lowest BCUT2D eigenvalue weighted by Crippen LogP contribution is -2.26. The zero-order valence-corrected chi connectivity index (χ0v) is 9.82. The molecule has 0 rings (SSSR count). The third kappa shape index (κ3) is 8.39. The topological polar surface area (TPSA) is 9.23 Å². The van der Waals surface area contributed by atoms with Gasteiger partial charge in [-0.05, 0) is 25.7 Å². The van der Waals surface area contributed by atoms with Crippen molar-refractivity contribution in [2.75, 3.05) is 6.61 Å². The van der Waals surface area contributed by atoms with Crippen LogP contribution in [-0.2, 0) is 4.43 Å². The highest BCUT2D eigenvalue weighted by Crippen LogP contribution is 2.04. The molecule has 0 atom stereocenters. The van der Waals surface area contributed by atoms with E-state index in [4.69, 9.17) is 4.43 Å². The summed E-state index contributed by atoms with van der Waals surface area (Å²) in [7, 11) is -1.27. The lowest BCUT2D eigenvalue weighted by molar-refractivity contribution is 0.333. The molecule has 0 aromatic carbocycles. The van der Waals surface area contributed by atoms with Gasteiger partial charge in [0, 0.05) is 15.4 Å². The molecule has 1 radical (unpaired) electrons. The predicted molar refractivity (Wildman–Crippen MR) is 51.6 cm³/mol. The van der Waals surface area contributed by atoms with Crippen LogP contribution in [0.2, 0.25) is 38.8 Å². The fourth-order valence-corrected chi connectivity index (χ4v) is 1.99. The molecule has 0 aliphatic rings. The molecule has 0 aromatic rings. The second kappa shape index (κ2) is 4.31. The summed E-state index contributed by atoms with van der Waals surface area (Å²) >= 11 is 0. The Bertz CT molecular complexity index is 86.1. The summed E-state index contributed by atoms with van der Waals surface area (Å²) in [6.45, 7) is 12.4. The van der Waals surface area contributed by atoms with Gasteiger partial charge < -0.3 is 4.43 Å². The summed E-state index contributed by atoms with van der Waals surface area (Å²) in [6.07, 6.45) is 0. The zero-order chi connectivity index (χ0) is 8.20. The molecule has 10 heavy (non-hydrogen) atoms. The third-order valence-electron chi connectivity index (χ3n) is 1.14. The van der Waals surface area contributed by atoms with Crippen molar-refractivity contribution in [3.05, 3.63) is 0 Å². The van der Waals surface area contributed by atoms with Gasteiger partial charge in [0.2, 0.25) is 0 Å². The number of rotatable bonds is 4. The maximum atomic E-state index is 5.70. The quantitative estimate of drug-likeness (QED) is 0.597. The molecule has 0 saturated carbocycles. The van der Waals surface area contributed by atoms with E-state index in [1.54, 1.807) is 0 Å². The van der Waals surface area contributed by atoms with Gasteiger partial charge in [0.15, 0.2) is 8.32 Å². The normalized spacial score (nSPS) is 12.6. The van der Waals surface area contributed by atoms with Crippen molar-refractivity contribution >= 4 is 17.1 Å². The lowest BCUT2D eigenvalue weighted by Gasteiger charge is -2.17. The summed E-state index contributed by atoms with van der Waals surface area (Å²) in [5.41, 5.74) is 0. The van der Waals surface area contributed by atoms with E-state index in [-0.39, 0.29) is 8.80 Å². The van der Waals surface area contributed by atoms with Crippen LogP contribution >= 0.6 is 0 Å². The first-order valence-corrected chi connectivity index (χ1v) is 9.96. The monoisotopic (exact) mass is 175 g/mol. The summed E-state index contributed by atoms with van der Waals surface area (Å²) in [5.74, 6) is 0. The van der Waals surface area contributed by atoms with Crippen LogP contribution in [0.25, 0.3) is 0 Å². The molecule has 0 heterocycles. The van der Waals surface area contributed by atoms with Crippen LogP contribution in [0.1, 0.15) is 0 Å². The molecular weight excluding hydrogens is 156 g/mol. The van der Waals surface area contributed by atoms with E-state index >= 15 is 0 Å². The second-order valence-corrected chi connectivity index (χ2v) is 11.3. The molecule has 0 amide bonds. The maximum absolute atomic E-state index is 5.70. The van der Waals surface area contributed by atoms with Crippen LogP contribution in [0.3, 0.4) is 0 Å². The molecule has 0 aromatic heterocycles. The van der Waals surface area contributed by atoms with Crippen molar-refractivity contribution in [2.24, 2.45) is 0 Å². The molecule has 0 saturated heterocycles. The lowest BCUT2D eigenvalue weighted by atomic mass is 10.9. The first-order valence-electron chi connectivity index (χ1n) is 3.85. The van der Waals surface area contributed by atoms with Gasteiger partial charge >= 0.3 is 0 Å². The molecule has 0 fully saturated rings. The minimum Gasteiger partial charge on any atom is -0.418 e. The molecule has 0 aliphatic heterocycles. The Hall–Kier alpha value is 0.394. The molecular formula is C7H19OSi2. The molecule has 0 bridgehead atoms. The fraction of sp³-hybridized carbons (Fsp3) is 1.00. The molecule has 0 N–H and O–H groups in total. The standard InChI is InChI=1S/C7H19OSi2/c1-9(2)7-6-8-10(3,4)5/h6-7H2,1-5H3. The average molecular weight is 175 g/mol.